The smallest absolute Gasteiger partial charge is 0.128 e. The van der Waals surface area contributed by atoms with Crippen LogP contribution in [0.1, 0.15) is 11.8 Å². The van der Waals surface area contributed by atoms with Crippen LogP contribution in [-0.4, -0.2) is 54.7 Å². The van der Waals surface area contributed by atoms with E-state index in [-0.39, 0.29) is 5.69 Å². The van der Waals surface area contributed by atoms with Gasteiger partial charge in [0.1, 0.15) is 24.0 Å². The van der Waals surface area contributed by atoms with Crippen molar-refractivity contribution in [2.45, 2.75) is 18.3 Å². The second kappa shape index (κ2) is 4.28. The van der Waals surface area contributed by atoms with Gasteiger partial charge < -0.3 is 20.4 Å². The van der Waals surface area contributed by atoms with E-state index in [0.717, 1.165) is 0 Å². The van der Waals surface area contributed by atoms with Crippen molar-refractivity contribution in [2.75, 3.05) is 6.61 Å². The van der Waals surface area contributed by atoms with Gasteiger partial charge in [0.15, 0.2) is 0 Å². The summed E-state index contributed by atoms with van der Waals surface area (Å²) >= 11 is 0. The lowest BCUT2D eigenvalue weighted by Gasteiger charge is -2.19. The zero-order chi connectivity index (χ0) is 9.84. The van der Waals surface area contributed by atoms with Gasteiger partial charge in [0, 0.05) is 0 Å². The lowest BCUT2D eigenvalue weighted by Crippen LogP contribution is -2.34. The number of hydrogen-bond donors (Lipinski definition) is 5. The lowest BCUT2D eigenvalue weighted by molar-refractivity contribution is -0.0789. The Kier molecular flexibility index (Phi) is 3.32. The number of nitrogens with zero attached hydrogens (tertiary/aromatic N) is 2. The number of aromatic amines is 1. The average Bonchev–Trinajstić information content (AvgIpc) is 2.67. The van der Waals surface area contributed by atoms with Crippen molar-refractivity contribution in [3.8, 4) is 0 Å². The number of H-pyrrole nitrogens is 1. The molecule has 3 atom stereocenters. The Hall–Kier alpha value is -1.02. The molecule has 0 spiro atoms. The molecule has 7 heteroatoms. The van der Waals surface area contributed by atoms with E-state index in [2.05, 4.69) is 15.4 Å². The maximum absolute atomic E-state index is 9.34. The van der Waals surface area contributed by atoms with Gasteiger partial charge in [-0.2, -0.15) is 15.4 Å². The van der Waals surface area contributed by atoms with Gasteiger partial charge in [-0.1, -0.05) is 0 Å². The average molecular weight is 189 g/mol. The maximum atomic E-state index is 9.34. The Labute approximate surface area is 73.7 Å². The summed E-state index contributed by atoms with van der Waals surface area (Å²) in [5, 5.41) is 45.2. The van der Waals surface area contributed by atoms with Crippen LogP contribution in [0.2, 0.25) is 0 Å². The molecule has 0 aromatic carbocycles. The van der Waals surface area contributed by atoms with Gasteiger partial charge in [-0.05, 0) is 0 Å². The maximum Gasteiger partial charge on any atom is 0.128 e. The molecule has 0 saturated carbocycles. The van der Waals surface area contributed by atoms with Crippen LogP contribution in [-0.2, 0) is 0 Å². The van der Waals surface area contributed by atoms with Crippen molar-refractivity contribution in [3.63, 3.8) is 0 Å². The first-order valence-corrected chi connectivity index (χ1v) is 3.67. The molecule has 1 heterocycles. The van der Waals surface area contributed by atoms with E-state index in [0.29, 0.717) is 0 Å². The standard InChI is InChI=1S/C6H11N3O4/c10-2-4(11)6(13)5(12)3-1-7-9-8-3/h1,4-6,10-13H,2H2,(H,7,8,9). The summed E-state index contributed by atoms with van der Waals surface area (Å²) < 4.78 is 0. The summed E-state index contributed by atoms with van der Waals surface area (Å²) in [7, 11) is 0. The van der Waals surface area contributed by atoms with Crippen LogP contribution in [0.25, 0.3) is 0 Å². The highest BCUT2D eigenvalue weighted by atomic mass is 16.4. The molecular formula is C6H11N3O4. The van der Waals surface area contributed by atoms with Crippen molar-refractivity contribution in [3.05, 3.63) is 11.9 Å². The van der Waals surface area contributed by atoms with Crippen LogP contribution in [0.3, 0.4) is 0 Å². The van der Waals surface area contributed by atoms with Gasteiger partial charge in [0.25, 0.3) is 0 Å². The Morgan fingerprint density at radius 2 is 2.08 bits per heavy atom. The lowest BCUT2D eigenvalue weighted by atomic mass is 10.1. The van der Waals surface area contributed by atoms with E-state index >= 15 is 0 Å². The van der Waals surface area contributed by atoms with E-state index < -0.39 is 24.9 Å². The highest BCUT2D eigenvalue weighted by Gasteiger charge is 2.26. The van der Waals surface area contributed by atoms with Gasteiger partial charge in [-0.15, -0.1) is 0 Å². The minimum atomic E-state index is -1.48. The highest BCUT2D eigenvalue weighted by Crippen LogP contribution is 2.15. The van der Waals surface area contributed by atoms with Crippen LogP contribution in [0.4, 0.5) is 0 Å². The Balaban J connectivity index is 2.62. The SMILES string of the molecule is OCC(O)C(O)C(O)c1cn[nH]n1. The highest BCUT2D eigenvalue weighted by molar-refractivity contribution is 4.99. The summed E-state index contributed by atoms with van der Waals surface area (Å²) in [5.74, 6) is 0. The first-order valence-electron chi connectivity index (χ1n) is 3.67. The summed E-state index contributed by atoms with van der Waals surface area (Å²) in [6.45, 7) is -0.629. The first-order chi connectivity index (χ1) is 6.16. The van der Waals surface area contributed by atoms with Gasteiger partial charge in [0.2, 0.25) is 0 Å². The molecule has 0 aliphatic rings. The van der Waals surface area contributed by atoms with E-state index in [4.69, 9.17) is 10.2 Å². The molecule has 7 nitrogen and oxygen atoms in total. The van der Waals surface area contributed by atoms with Crippen molar-refractivity contribution in [1.29, 1.82) is 0 Å². The van der Waals surface area contributed by atoms with Gasteiger partial charge in [-0.3, -0.25) is 0 Å². The molecule has 0 radical (unpaired) electrons. The number of aliphatic hydroxyl groups excluding tert-OH is 4. The number of nitrogens with one attached hydrogen (secondary N) is 1. The monoisotopic (exact) mass is 189 g/mol. The third-order valence-electron chi connectivity index (χ3n) is 1.64. The van der Waals surface area contributed by atoms with Gasteiger partial charge in [0.05, 0.1) is 12.8 Å². The molecule has 0 bridgehead atoms. The van der Waals surface area contributed by atoms with Crippen molar-refractivity contribution in [2.24, 2.45) is 0 Å². The van der Waals surface area contributed by atoms with E-state index in [9.17, 15) is 10.2 Å². The van der Waals surface area contributed by atoms with Crippen molar-refractivity contribution >= 4 is 0 Å². The second-order valence-corrected chi connectivity index (χ2v) is 2.58. The third-order valence-corrected chi connectivity index (χ3v) is 1.64. The largest absolute Gasteiger partial charge is 0.394 e. The molecule has 74 valence electrons. The molecule has 1 aromatic heterocycles. The molecular weight excluding hydrogens is 178 g/mol. The fraction of sp³-hybridized carbons (Fsp3) is 0.667. The molecule has 0 fully saturated rings. The predicted molar refractivity (Wildman–Crippen MR) is 40.4 cm³/mol. The molecule has 5 N–H and O–H groups in total. The molecule has 3 unspecified atom stereocenters. The van der Waals surface area contributed by atoms with Gasteiger partial charge >= 0.3 is 0 Å². The molecule has 0 aliphatic carbocycles. The molecule has 13 heavy (non-hydrogen) atoms. The Bertz CT molecular complexity index is 240. The van der Waals surface area contributed by atoms with Crippen LogP contribution >= 0.6 is 0 Å². The summed E-state index contributed by atoms with van der Waals surface area (Å²) in [5.41, 5.74) is 0.111. The first kappa shape index (κ1) is 10.1. The van der Waals surface area contributed by atoms with E-state index in [1.54, 1.807) is 0 Å². The topological polar surface area (TPSA) is 122 Å². The molecule has 0 amide bonds. The van der Waals surface area contributed by atoms with E-state index in [1.165, 1.54) is 6.20 Å². The quantitative estimate of drug-likeness (QED) is 0.358. The summed E-state index contributed by atoms with van der Waals surface area (Å²) in [6.07, 6.45) is -3.01. The second-order valence-electron chi connectivity index (χ2n) is 2.58. The van der Waals surface area contributed by atoms with Crippen LogP contribution in [0, 0.1) is 0 Å². The predicted octanol–water partition coefficient (Wildman–Crippen LogP) is -2.45. The molecule has 1 rings (SSSR count). The number of aromatic nitrogens is 3. The number of aliphatic hydroxyl groups is 4. The van der Waals surface area contributed by atoms with Crippen molar-refractivity contribution < 1.29 is 20.4 Å². The number of hydrogen-bond acceptors (Lipinski definition) is 6. The minimum Gasteiger partial charge on any atom is -0.394 e. The van der Waals surface area contributed by atoms with Crippen LogP contribution in [0.5, 0.6) is 0 Å². The van der Waals surface area contributed by atoms with Gasteiger partial charge in [-0.25, -0.2) is 0 Å². The molecule has 0 aliphatic heterocycles. The molecule has 1 aromatic rings. The van der Waals surface area contributed by atoms with E-state index in [1.807, 2.05) is 0 Å². The minimum absolute atomic E-state index is 0.111. The normalized spacial score (nSPS) is 18.2. The van der Waals surface area contributed by atoms with Crippen LogP contribution < -0.4 is 0 Å². The third kappa shape index (κ3) is 2.22. The Morgan fingerprint density at radius 3 is 2.54 bits per heavy atom. The summed E-state index contributed by atoms with van der Waals surface area (Å²) in [4.78, 5) is 0. The fourth-order valence-corrected chi connectivity index (χ4v) is 0.846. The summed E-state index contributed by atoms with van der Waals surface area (Å²) in [6, 6.07) is 0. The van der Waals surface area contributed by atoms with Crippen molar-refractivity contribution in [1.82, 2.24) is 15.4 Å². The zero-order valence-corrected chi connectivity index (χ0v) is 6.70. The zero-order valence-electron chi connectivity index (χ0n) is 6.70. The fourth-order valence-electron chi connectivity index (χ4n) is 0.846. The molecule has 0 saturated heterocycles. The van der Waals surface area contributed by atoms with Crippen LogP contribution in [0.15, 0.2) is 6.20 Å². The Morgan fingerprint density at radius 1 is 1.38 bits per heavy atom. The number of rotatable bonds is 4.